The third kappa shape index (κ3) is 7.23. The van der Waals surface area contributed by atoms with Gasteiger partial charge in [-0.15, -0.1) is 0 Å². The van der Waals surface area contributed by atoms with Crippen molar-refractivity contribution in [3.8, 4) is 5.75 Å². The smallest absolute Gasteiger partial charge is 0.346 e. The van der Waals surface area contributed by atoms with Gasteiger partial charge in [-0.25, -0.2) is 14.6 Å². The fourth-order valence-electron chi connectivity index (χ4n) is 3.52. The van der Waals surface area contributed by atoms with Gasteiger partial charge in [-0.2, -0.15) is 5.10 Å². The number of nitrogens with one attached hydrogen (secondary N) is 3. The first kappa shape index (κ1) is 27.4. The fraction of sp³-hybridized carbons (Fsp3) is 0.0333. The Morgan fingerprint density at radius 2 is 1.48 bits per heavy atom. The number of hydrazone groups is 1. The minimum atomic E-state index is -1.06. The normalized spacial score (nSPS) is 10.6. The van der Waals surface area contributed by atoms with Crippen LogP contribution in [0.25, 0.3) is 0 Å². The summed E-state index contributed by atoms with van der Waals surface area (Å²) in [6.07, 6.45) is 1.27. The van der Waals surface area contributed by atoms with Crippen LogP contribution in [0.1, 0.15) is 31.8 Å². The number of ether oxygens (including phenoxy) is 1. The maximum atomic E-state index is 13.7. The number of nitrogens with zero attached hydrogens (tertiary/aromatic N) is 1. The van der Waals surface area contributed by atoms with E-state index >= 15 is 0 Å². The number of carbonyl (C=O) groups excluding carboxylic acids is 4. The average Bonchev–Trinajstić information content (AvgIpc) is 2.94. The Bertz CT molecular complexity index is 1600. The lowest BCUT2D eigenvalue weighted by molar-refractivity contribution is -0.136. The monoisotopic (exact) mass is 538 g/mol. The summed E-state index contributed by atoms with van der Waals surface area (Å²) in [4.78, 5) is 49.6. The van der Waals surface area contributed by atoms with Gasteiger partial charge in [0.05, 0.1) is 23.0 Å². The molecule has 200 valence electrons. The van der Waals surface area contributed by atoms with Crippen LogP contribution in [-0.4, -0.2) is 29.9 Å². The lowest BCUT2D eigenvalue weighted by atomic mass is 10.1. The van der Waals surface area contributed by atoms with Crippen LogP contribution in [0.2, 0.25) is 0 Å². The number of anilines is 2. The van der Waals surface area contributed by atoms with Crippen molar-refractivity contribution >= 4 is 41.3 Å². The number of rotatable bonds is 7. The Hall–Kier alpha value is -5.64. The largest absolute Gasteiger partial charge is 0.423 e. The number of aryl methyl sites for hydroxylation is 1. The van der Waals surface area contributed by atoms with Crippen LogP contribution in [0.15, 0.2) is 102 Å². The molecule has 3 amide bonds. The summed E-state index contributed by atoms with van der Waals surface area (Å²) in [7, 11) is 0. The third-order valence-electron chi connectivity index (χ3n) is 5.47. The maximum Gasteiger partial charge on any atom is 0.346 e. The highest BCUT2D eigenvalue weighted by Crippen LogP contribution is 2.18. The summed E-state index contributed by atoms with van der Waals surface area (Å²) < 4.78 is 18.9. The average molecular weight is 539 g/mol. The first-order chi connectivity index (χ1) is 19.3. The molecule has 0 spiro atoms. The van der Waals surface area contributed by atoms with Gasteiger partial charge in [-0.1, -0.05) is 36.4 Å². The van der Waals surface area contributed by atoms with Gasteiger partial charge < -0.3 is 15.4 Å². The van der Waals surface area contributed by atoms with Crippen LogP contribution in [0.5, 0.6) is 5.75 Å². The SMILES string of the molecule is Cc1cccc(NC(=O)c2ccccc2NC(=O)C(=O)N/N=C/c2ccc(OC(=O)c3ccccc3F)cc2)c1. The molecular formula is C30H23FN4O5. The van der Waals surface area contributed by atoms with Crippen molar-refractivity contribution in [3.05, 3.63) is 125 Å². The molecule has 9 nitrogen and oxygen atoms in total. The van der Waals surface area contributed by atoms with Crippen molar-refractivity contribution in [2.45, 2.75) is 6.92 Å². The minimum Gasteiger partial charge on any atom is -0.423 e. The highest BCUT2D eigenvalue weighted by Gasteiger charge is 2.18. The number of hydrogen-bond donors (Lipinski definition) is 3. The van der Waals surface area contributed by atoms with Crippen molar-refractivity contribution < 1.29 is 28.3 Å². The summed E-state index contributed by atoms with van der Waals surface area (Å²) in [5.74, 6) is -3.89. The van der Waals surface area contributed by atoms with Gasteiger partial charge in [0.25, 0.3) is 5.91 Å². The van der Waals surface area contributed by atoms with Crippen LogP contribution in [0, 0.1) is 12.7 Å². The van der Waals surface area contributed by atoms with E-state index in [1.54, 1.807) is 42.5 Å². The number of benzene rings is 4. The van der Waals surface area contributed by atoms with Gasteiger partial charge in [0.2, 0.25) is 0 Å². The van der Waals surface area contributed by atoms with E-state index in [1.807, 2.05) is 13.0 Å². The number of amides is 3. The second kappa shape index (κ2) is 12.7. The number of para-hydroxylation sites is 1. The van der Waals surface area contributed by atoms with E-state index in [0.717, 1.165) is 11.6 Å². The summed E-state index contributed by atoms with van der Waals surface area (Å²) in [6.45, 7) is 1.90. The molecule has 0 saturated carbocycles. The topological polar surface area (TPSA) is 126 Å². The molecule has 0 aliphatic rings. The van der Waals surface area contributed by atoms with Crippen LogP contribution in [-0.2, 0) is 9.59 Å². The fourth-order valence-corrected chi connectivity index (χ4v) is 3.52. The second-order valence-electron chi connectivity index (χ2n) is 8.46. The van der Waals surface area contributed by atoms with Crippen molar-refractivity contribution in [2.24, 2.45) is 5.10 Å². The van der Waals surface area contributed by atoms with Crippen molar-refractivity contribution in [1.82, 2.24) is 5.43 Å². The van der Waals surface area contributed by atoms with E-state index in [0.29, 0.717) is 11.3 Å². The molecule has 0 heterocycles. The molecule has 4 aromatic rings. The lowest BCUT2D eigenvalue weighted by Crippen LogP contribution is -2.33. The quantitative estimate of drug-likeness (QED) is 0.103. The van der Waals surface area contributed by atoms with E-state index in [-0.39, 0.29) is 22.6 Å². The summed E-state index contributed by atoms with van der Waals surface area (Å²) in [5, 5.41) is 8.93. The minimum absolute atomic E-state index is 0.150. The summed E-state index contributed by atoms with van der Waals surface area (Å²) in [5.41, 5.74) is 4.32. The predicted molar refractivity (Wildman–Crippen MR) is 148 cm³/mol. The zero-order valence-corrected chi connectivity index (χ0v) is 21.2. The Balaban J connectivity index is 1.31. The predicted octanol–water partition coefficient (Wildman–Crippen LogP) is 4.69. The zero-order chi connectivity index (χ0) is 28.5. The molecule has 0 fully saturated rings. The third-order valence-corrected chi connectivity index (χ3v) is 5.47. The van der Waals surface area contributed by atoms with E-state index in [4.69, 9.17) is 4.74 Å². The number of carbonyl (C=O) groups is 4. The standard InChI is InChI=1S/C30H23FN4O5/c1-19-7-6-8-21(17-19)33-27(36)24-10-3-5-12-26(24)34-28(37)29(38)35-32-18-20-13-15-22(16-14-20)40-30(39)23-9-2-4-11-25(23)31/h2-18H,1H3,(H,33,36)(H,34,37)(H,35,38)/b32-18+. The molecule has 0 aliphatic carbocycles. The zero-order valence-electron chi connectivity index (χ0n) is 21.2. The maximum absolute atomic E-state index is 13.7. The van der Waals surface area contributed by atoms with Gasteiger partial charge in [0.1, 0.15) is 11.6 Å². The molecule has 0 atom stereocenters. The first-order valence-corrected chi connectivity index (χ1v) is 12.0. The molecular weight excluding hydrogens is 515 g/mol. The summed E-state index contributed by atoms with van der Waals surface area (Å²) in [6, 6.07) is 25.0. The lowest BCUT2D eigenvalue weighted by Gasteiger charge is -2.11. The van der Waals surface area contributed by atoms with Gasteiger partial charge in [-0.3, -0.25) is 14.4 Å². The molecule has 3 N–H and O–H groups in total. The molecule has 0 saturated heterocycles. The molecule has 4 rings (SSSR count). The molecule has 0 aliphatic heterocycles. The highest BCUT2D eigenvalue weighted by atomic mass is 19.1. The van der Waals surface area contributed by atoms with E-state index < -0.39 is 29.5 Å². The van der Waals surface area contributed by atoms with Gasteiger partial charge in [-0.05, 0) is 78.7 Å². The second-order valence-corrected chi connectivity index (χ2v) is 8.46. The molecule has 40 heavy (non-hydrogen) atoms. The van der Waals surface area contributed by atoms with Gasteiger partial charge in [0.15, 0.2) is 0 Å². The Morgan fingerprint density at radius 3 is 2.20 bits per heavy atom. The van der Waals surface area contributed by atoms with Crippen molar-refractivity contribution in [2.75, 3.05) is 10.6 Å². The Kier molecular flexibility index (Phi) is 8.73. The van der Waals surface area contributed by atoms with Gasteiger partial charge >= 0.3 is 17.8 Å². The number of esters is 1. The summed E-state index contributed by atoms with van der Waals surface area (Å²) >= 11 is 0. The van der Waals surface area contributed by atoms with Crippen LogP contribution >= 0.6 is 0 Å². The highest BCUT2D eigenvalue weighted by molar-refractivity contribution is 6.40. The van der Waals surface area contributed by atoms with Crippen LogP contribution in [0.3, 0.4) is 0 Å². The van der Waals surface area contributed by atoms with E-state index in [2.05, 4.69) is 21.2 Å². The van der Waals surface area contributed by atoms with Crippen LogP contribution < -0.4 is 20.8 Å². The number of hydrogen-bond acceptors (Lipinski definition) is 6. The first-order valence-electron chi connectivity index (χ1n) is 12.0. The van der Waals surface area contributed by atoms with E-state index in [1.165, 1.54) is 48.7 Å². The van der Waals surface area contributed by atoms with Gasteiger partial charge in [0, 0.05) is 5.69 Å². The molecule has 0 radical (unpaired) electrons. The van der Waals surface area contributed by atoms with Crippen molar-refractivity contribution in [1.29, 1.82) is 0 Å². The Morgan fingerprint density at radius 1 is 0.775 bits per heavy atom. The van der Waals surface area contributed by atoms with Crippen LogP contribution in [0.4, 0.5) is 15.8 Å². The molecule has 0 bridgehead atoms. The molecule has 0 unspecified atom stereocenters. The molecule has 10 heteroatoms. The molecule has 0 aromatic heterocycles. The number of halogens is 1. The molecule has 4 aromatic carbocycles. The van der Waals surface area contributed by atoms with E-state index in [9.17, 15) is 23.6 Å². The Labute approximate surface area is 228 Å². The van der Waals surface area contributed by atoms with Crippen molar-refractivity contribution in [3.63, 3.8) is 0 Å².